The SMILES string of the molecule is Cc1ccnc(C(C)C)c1-n1c(=O)nc(N2[C@@H](C)CN(C(=O)OC(C)(C)C)C[C@@H]2C)c2cc(Cl)c(-c3c(F)cccc3C=O)nc21. The van der Waals surface area contributed by atoms with Crippen molar-refractivity contribution in [2.45, 2.75) is 79.0 Å². The molecule has 12 heteroatoms. The Labute approximate surface area is 272 Å². The number of rotatable bonds is 5. The zero-order chi connectivity index (χ0) is 33.7. The van der Waals surface area contributed by atoms with E-state index in [1.165, 1.54) is 22.8 Å². The quantitative estimate of drug-likeness (QED) is 0.220. The molecule has 0 aliphatic carbocycles. The molecule has 0 unspecified atom stereocenters. The molecule has 0 saturated carbocycles. The highest BCUT2D eigenvalue weighted by Crippen LogP contribution is 2.38. The van der Waals surface area contributed by atoms with Gasteiger partial charge in [0.2, 0.25) is 0 Å². The summed E-state index contributed by atoms with van der Waals surface area (Å²) in [6, 6.07) is 6.99. The van der Waals surface area contributed by atoms with Gasteiger partial charge in [-0.1, -0.05) is 37.6 Å². The first-order chi connectivity index (χ1) is 21.6. The highest BCUT2D eigenvalue weighted by Gasteiger charge is 2.36. The number of aryl methyl sites for hydroxylation is 1. The Balaban J connectivity index is 1.79. The van der Waals surface area contributed by atoms with Crippen molar-refractivity contribution in [3.63, 3.8) is 0 Å². The minimum atomic E-state index is -0.678. The van der Waals surface area contributed by atoms with Gasteiger partial charge in [0.1, 0.15) is 17.2 Å². The van der Waals surface area contributed by atoms with E-state index in [1.807, 2.05) is 60.3 Å². The molecule has 0 N–H and O–H groups in total. The van der Waals surface area contributed by atoms with Crippen LogP contribution in [0.15, 0.2) is 41.3 Å². The van der Waals surface area contributed by atoms with Crippen LogP contribution in [0.3, 0.4) is 0 Å². The van der Waals surface area contributed by atoms with Crippen LogP contribution in [0.5, 0.6) is 0 Å². The van der Waals surface area contributed by atoms with E-state index in [0.717, 1.165) is 5.56 Å². The van der Waals surface area contributed by atoms with E-state index in [1.54, 1.807) is 23.2 Å². The molecule has 1 fully saturated rings. The monoisotopic (exact) mass is 648 g/mol. The number of hydrogen-bond acceptors (Lipinski definition) is 8. The molecule has 242 valence electrons. The van der Waals surface area contributed by atoms with Gasteiger partial charge in [-0.2, -0.15) is 4.98 Å². The molecule has 0 radical (unpaired) electrons. The molecule has 0 bridgehead atoms. The fourth-order valence-corrected chi connectivity index (χ4v) is 6.31. The molecule has 1 aliphatic rings. The number of anilines is 1. The van der Waals surface area contributed by atoms with Crippen molar-refractivity contribution in [3.8, 4) is 16.9 Å². The summed E-state index contributed by atoms with van der Waals surface area (Å²) in [5.74, 6) is -0.405. The second-order valence-corrected chi connectivity index (χ2v) is 13.5. The lowest BCUT2D eigenvalue weighted by Crippen LogP contribution is -2.59. The number of halogens is 2. The number of pyridine rings is 2. The molecule has 1 aromatic carbocycles. The number of carbonyl (C=O) groups excluding carboxylic acids is 2. The van der Waals surface area contributed by atoms with Gasteiger partial charge >= 0.3 is 11.8 Å². The third kappa shape index (κ3) is 6.08. The molecule has 2 atom stereocenters. The molecule has 1 saturated heterocycles. The molecule has 0 spiro atoms. The van der Waals surface area contributed by atoms with E-state index in [4.69, 9.17) is 21.3 Å². The topological polar surface area (TPSA) is 111 Å². The summed E-state index contributed by atoms with van der Waals surface area (Å²) in [6.07, 6.45) is 1.81. The van der Waals surface area contributed by atoms with Crippen molar-refractivity contribution in [2.75, 3.05) is 18.0 Å². The number of carbonyl (C=O) groups is 2. The van der Waals surface area contributed by atoms with Crippen LogP contribution >= 0.6 is 11.6 Å². The molecule has 3 aromatic heterocycles. The Morgan fingerprint density at radius 3 is 2.41 bits per heavy atom. The number of nitrogens with zero attached hydrogens (tertiary/aromatic N) is 6. The number of benzene rings is 1. The molecular weight excluding hydrogens is 611 g/mol. The Hall–Kier alpha value is -4.38. The lowest BCUT2D eigenvalue weighted by atomic mass is 10.0. The summed E-state index contributed by atoms with van der Waals surface area (Å²) in [4.78, 5) is 56.8. The van der Waals surface area contributed by atoms with Gasteiger partial charge in [0, 0.05) is 42.5 Å². The van der Waals surface area contributed by atoms with Crippen LogP contribution < -0.4 is 10.6 Å². The first-order valence-corrected chi connectivity index (χ1v) is 15.6. The van der Waals surface area contributed by atoms with Gasteiger partial charge in [0.25, 0.3) is 0 Å². The van der Waals surface area contributed by atoms with Crippen molar-refractivity contribution in [1.82, 2.24) is 24.4 Å². The molecule has 1 amide bonds. The third-order valence-electron chi connectivity index (χ3n) is 7.95. The number of fused-ring (bicyclic) bond motifs is 1. The van der Waals surface area contributed by atoms with E-state index in [-0.39, 0.29) is 45.5 Å². The zero-order valence-electron chi connectivity index (χ0n) is 27.3. The largest absolute Gasteiger partial charge is 0.444 e. The number of hydrogen-bond donors (Lipinski definition) is 0. The van der Waals surface area contributed by atoms with Gasteiger partial charge in [0.05, 0.1) is 27.5 Å². The van der Waals surface area contributed by atoms with Gasteiger partial charge in [-0.3, -0.25) is 9.78 Å². The minimum Gasteiger partial charge on any atom is -0.444 e. The van der Waals surface area contributed by atoms with E-state index < -0.39 is 23.2 Å². The van der Waals surface area contributed by atoms with Gasteiger partial charge < -0.3 is 14.5 Å². The zero-order valence-corrected chi connectivity index (χ0v) is 28.0. The first-order valence-electron chi connectivity index (χ1n) is 15.2. The van der Waals surface area contributed by atoms with E-state index in [0.29, 0.717) is 42.0 Å². The third-order valence-corrected chi connectivity index (χ3v) is 8.24. The summed E-state index contributed by atoms with van der Waals surface area (Å²) in [7, 11) is 0. The normalized spacial score (nSPS) is 17.1. The minimum absolute atomic E-state index is 0.0168. The van der Waals surface area contributed by atoms with Crippen LogP contribution in [0.4, 0.5) is 15.0 Å². The standard InChI is InChI=1S/C34H38ClFN6O4/c1-18(2)27-29(19(3)12-13-37-27)42-30-23(14-24(35)28(38-30)26-22(17-43)10-9-11-25(26)36)31(39-32(42)44)41-20(4)15-40(16-21(41)5)33(45)46-34(6,7)8/h9-14,17-18,20-21H,15-16H2,1-8H3/t20-,21-/m0/s1. The molecule has 5 rings (SSSR count). The predicted octanol–water partition coefficient (Wildman–Crippen LogP) is 6.71. The highest BCUT2D eigenvalue weighted by atomic mass is 35.5. The van der Waals surface area contributed by atoms with Crippen molar-refractivity contribution in [2.24, 2.45) is 0 Å². The lowest BCUT2D eigenvalue weighted by Gasteiger charge is -2.45. The molecule has 10 nitrogen and oxygen atoms in total. The molecular formula is C34H38ClFN6O4. The average molecular weight is 649 g/mol. The second kappa shape index (κ2) is 12.4. The molecule has 46 heavy (non-hydrogen) atoms. The first kappa shape index (κ1) is 33.0. The van der Waals surface area contributed by atoms with Crippen LogP contribution in [-0.2, 0) is 4.74 Å². The number of aromatic nitrogens is 4. The number of amides is 1. The summed E-state index contributed by atoms with van der Waals surface area (Å²) >= 11 is 6.84. The van der Waals surface area contributed by atoms with Gasteiger partial charge in [-0.15, -0.1) is 0 Å². The van der Waals surface area contributed by atoms with Crippen molar-refractivity contribution in [1.29, 1.82) is 0 Å². The van der Waals surface area contributed by atoms with Gasteiger partial charge in [-0.25, -0.2) is 23.5 Å². The fraction of sp³-hybridized carbons (Fsp3) is 0.412. The lowest BCUT2D eigenvalue weighted by molar-refractivity contribution is 0.0192. The Bertz CT molecular complexity index is 1890. The highest BCUT2D eigenvalue weighted by molar-refractivity contribution is 6.34. The predicted molar refractivity (Wildman–Crippen MR) is 177 cm³/mol. The van der Waals surface area contributed by atoms with Crippen LogP contribution in [-0.4, -0.2) is 67.6 Å². The number of ether oxygens (including phenoxy) is 1. The Kier molecular flexibility index (Phi) is 8.92. The maximum absolute atomic E-state index is 15.3. The van der Waals surface area contributed by atoms with Gasteiger partial charge in [-0.05, 0) is 71.2 Å². The van der Waals surface area contributed by atoms with Crippen molar-refractivity contribution < 1.29 is 18.7 Å². The maximum Gasteiger partial charge on any atom is 0.410 e. The van der Waals surface area contributed by atoms with Gasteiger partial charge in [0.15, 0.2) is 11.9 Å². The van der Waals surface area contributed by atoms with E-state index in [2.05, 4.69) is 9.97 Å². The van der Waals surface area contributed by atoms with Crippen molar-refractivity contribution >= 4 is 40.8 Å². The van der Waals surface area contributed by atoms with Crippen LogP contribution in [0.25, 0.3) is 28.0 Å². The molecule has 4 heterocycles. The summed E-state index contributed by atoms with van der Waals surface area (Å²) in [5.41, 5.74) is 0.880. The Morgan fingerprint density at radius 1 is 1.13 bits per heavy atom. The smallest absolute Gasteiger partial charge is 0.410 e. The van der Waals surface area contributed by atoms with Crippen LogP contribution in [0, 0.1) is 12.7 Å². The summed E-state index contributed by atoms with van der Waals surface area (Å²) < 4.78 is 22.3. The number of aldehydes is 1. The van der Waals surface area contributed by atoms with E-state index >= 15 is 4.39 Å². The molecule has 4 aromatic rings. The fourth-order valence-electron chi connectivity index (χ4n) is 6.07. The maximum atomic E-state index is 15.3. The average Bonchev–Trinajstić information content (AvgIpc) is 2.96. The Morgan fingerprint density at radius 2 is 1.80 bits per heavy atom. The van der Waals surface area contributed by atoms with E-state index in [9.17, 15) is 14.4 Å². The molecule has 1 aliphatic heterocycles. The number of piperazine rings is 1. The van der Waals surface area contributed by atoms with Crippen LogP contribution in [0.2, 0.25) is 5.02 Å². The van der Waals surface area contributed by atoms with Crippen LogP contribution in [0.1, 0.15) is 76.0 Å². The summed E-state index contributed by atoms with van der Waals surface area (Å²) in [6.45, 7) is 15.8. The summed E-state index contributed by atoms with van der Waals surface area (Å²) in [5, 5.41) is 0.522. The van der Waals surface area contributed by atoms with Crippen molar-refractivity contribution in [3.05, 3.63) is 74.7 Å². The second-order valence-electron chi connectivity index (χ2n) is 13.1.